The number of fused-ring (bicyclic) bond motifs is 3. The highest BCUT2D eigenvalue weighted by Crippen LogP contribution is 2.65. The Balaban J connectivity index is 1.19. The minimum Gasteiger partial charge on any atom is -0.355 e. The van der Waals surface area contributed by atoms with Crippen molar-refractivity contribution >= 4 is 27.8 Å². The Morgan fingerprint density at radius 2 is 2.03 bits per heavy atom. The Labute approximate surface area is 205 Å². The summed E-state index contributed by atoms with van der Waals surface area (Å²) in [5.41, 5.74) is 3.22. The van der Waals surface area contributed by atoms with Crippen LogP contribution in [0.3, 0.4) is 0 Å². The van der Waals surface area contributed by atoms with E-state index in [2.05, 4.69) is 32.2 Å². The normalized spacial score (nSPS) is 23.2. The van der Waals surface area contributed by atoms with Crippen LogP contribution in [0.4, 0.5) is 10.2 Å². The van der Waals surface area contributed by atoms with Crippen molar-refractivity contribution in [3.8, 4) is 11.3 Å². The van der Waals surface area contributed by atoms with Gasteiger partial charge in [0, 0.05) is 29.5 Å². The molecule has 7 rings (SSSR count). The van der Waals surface area contributed by atoms with E-state index in [1.54, 1.807) is 24.5 Å². The second kappa shape index (κ2) is 7.68. The highest BCUT2D eigenvalue weighted by atomic mass is 19.1. The van der Waals surface area contributed by atoms with Gasteiger partial charge in [0.05, 0.1) is 23.5 Å². The summed E-state index contributed by atoms with van der Waals surface area (Å²) in [6, 6.07) is 12.8. The number of H-pyrrole nitrogens is 2. The smallest absolute Gasteiger partial charge is 0.272 e. The van der Waals surface area contributed by atoms with E-state index in [-0.39, 0.29) is 16.8 Å². The Bertz CT molecular complexity index is 1700. The van der Waals surface area contributed by atoms with Gasteiger partial charge in [-0.2, -0.15) is 10.2 Å². The number of piperidine rings is 1. The molecule has 1 saturated carbocycles. The first-order chi connectivity index (χ1) is 17.6. The van der Waals surface area contributed by atoms with Crippen LogP contribution in [-0.4, -0.2) is 43.5 Å². The summed E-state index contributed by atoms with van der Waals surface area (Å²) < 4.78 is 14.7. The second-order valence-electron chi connectivity index (χ2n) is 9.82. The van der Waals surface area contributed by atoms with Gasteiger partial charge in [-0.05, 0) is 42.4 Å². The van der Waals surface area contributed by atoms with Gasteiger partial charge in [0.2, 0.25) is 5.65 Å². The number of rotatable bonds is 4. The van der Waals surface area contributed by atoms with Gasteiger partial charge in [-0.25, -0.2) is 19.5 Å². The van der Waals surface area contributed by atoms with E-state index >= 15 is 0 Å². The number of hydrogen-bond donors (Lipinski definition) is 2. The van der Waals surface area contributed by atoms with Crippen molar-refractivity contribution in [1.29, 1.82) is 0 Å². The van der Waals surface area contributed by atoms with E-state index in [1.165, 1.54) is 0 Å². The van der Waals surface area contributed by atoms with Crippen molar-refractivity contribution in [3.05, 3.63) is 76.6 Å². The standard InChI is InChI=1S/C27H24FN7O/c1-2-27(19-5-3-4-6-21(19)28)18-9-10-35(14-20(18)27)22-13-29-24-23(32-33-25(24)31-22)15-7-8-16-12-30-34-26(36)17(16)11-15/h3-8,11-13,18,20H,2,9-10,14H2,1H3,(H,34,36)(H,31,32,33)/t18-,20+,27-/m1/s1. The van der Waals surface area contributed by atoms with Gasteiger partial charge in [0.1, 0.15) is 17.2 Å². The first-order valence-electron chi connectivity index (χ1n) is 12.3. The number of aromatic amines is 2. The summed E-state index contributed by atoms with van der Waals surface area (Å²) in [6.07, 6.45) is 5.34. The zero-order chi connectivity index (χ0) is 24.4. The van der Waals surface area contributed by atoms with Crippen LogP contribution in [0.1, 0.15) is 25.3 Å². The summed E-state index contributed by atoms with van der Waals surface area (Å²) in [4.78, 5) is 24.0. The summed E-state index contributed by atoms with van der Waals surface area (Å²) in [5, 5.41) is 15.1. The molecule has 2 aliphatic rings. The number of nitrogens with zero attached hydrogens (tertiary/aromatic N) is 5. The molecule has 0 bridgehead atoms. The minimum atomic E-state index is -0.242. The molecule has 0 radical (unpaired) electrons. The van der Waals surface area contributed by atoms with Gasteiger partial charge >= 0.3 is 0 Å². The van der Waals surface area contributed by atoms with Gasteiger partial charge in [-0.1, -0.05) is 37.3 Å². The molecule has 2 fully saturated rings. The lowest BCUT2D eigenvalue weighted by Crippen LogP contribution is -2.32. The van der Waals surface area contributed by atoms with Gasteiger partial charge in [-0.15, -0.1) is 0 Å². The van der Waals surface area contributed by atoms with E-state index < -0.39 is 0 Å². The molecule has 36 heavy (non-hydrogen) atoms. The lowest BCUT2D eigenvalue weighted by Gasteiger charge is -2.26. The fourth-order valence-electron chi connectivity index (χ4n) is 6.52. The monoisotopic (exact) mass is 481 g/mol. The zero-order valence-corrected chi connectivity index (χ0v) is 19.7. The van der Waals surface area contributed by atoms with Crippen molar-refractivity contribution in [1.82, 2.24) is 30.4 Å². The lowest BCUT2D eigenvalue weighted by atomic mass is 9.88. The topological polar surface area (TPSA) is 103 Å². The molecule has 1 aliphatic carbocycles. The Morgan fingerprint density at radius 1 is 1.14 bits per heavy atom. The molecule has 8 nitrogen and oxygen atoms in total. The SMILES string of the molecule is CC[C@]1(c2ccccc2F)[C@@H]2CCN(c3cnc4c(-c5ccc6cn[nH]c(=O)c6c5)[nH]nc4n3)C[C@@H]21. The van der Waals surface area contributed by atoms with Gasteiger partial charge in [0.25, 0.3) is 5.56 Å². The maximum Gasteiger partial charge on any atom is 0.272 e. The maximum atomic E-state index is 14.7. The first kappa shape index (κ1) is 21.2. The van der Waals surface area contributed by atoms with Crippen LogP contribution in [0, 0.1) is 17.7 Å². The Morgan fingerprint density at radius 3 is 2.89 bits per heavy atom. The van der Waals surface area contributed by atoms with Crippen molar-refractivity contribution in [2.24, 2.45) is 11.8 Å². The fraction of sp³-hybridized carbons (Fsp3) is 0.296. The lowest BCUT2D eigenvalue weighted by molar-refractivity contribution is 0.516. The molecule has 9 heteroatoms. The number of halogens is 1. The summed E-state index contributed by atoms with van der Waals surface area (Å²) in [7, 11) is 0. The van der Waals surface area contributed by atoms with Crippen molar-refractivity contribution < 1.29 is 4.39 Å². The van der Waals surface area contributed by atoms with Crippen molar-refractivity contribution in [2.75, 3.05) is 18.0 Å². The third-order valence-corrected chi connectivity index (χ3v) is 8.32. The minimum absolute atomic E-state index is 0.0967. The van der Waals surface area contributed by atoms with E-state index in [4.69, 9.17) is 9.97 Å². The molecule has 0 unspecified atom stereocenters. The van der Waals surface area contributed by atoms with E-state index in [9.17, 15) is 9.18 Å². The third kappa shape index (κ3) is 2.95. The predicted octanol–water partition coefficient (Wildman–Crippen LogP) is 4.20. The molecular weight excluding hydrogens is 457 g/mol. The number of nitrogens with one attached hydrogen (secondary N) is 2. The van der Waals surface area contributed by atoms with Crippen LogP contribution < -0.4 is 10.5 Å². The van der Waals surface area contributed by atoms with Gasteiger partial charge in [0.15, 0.2) is 0 Å². The highest BCUT2D eigenvalue weighted by molar-refractivity contribution is 5.92. The van der Waals surface area contributed by atoms with E-state index in [1.807, 2.05) is 30.3 Å². The number of benzene rings is 2. The average molecular weight is 482 g/mol. The summed E-state index contributed by atoms with van der Waals surface area (Å²) >= 11 is 0. The van der Waals surface area contributed by atoms with Crippen LogP contribution >= 0.6 is 0 Å². The number of hydrogen-bond acceptors (Lipinski definition) is 6. The fourth-order valence-corrected chi connectivity index (χ4v) is 6.52. The quantitative estimate of drug-likeness (QED) is 0.399. The van der Waals surface area contributed by atoms with Gasteiger partial charge in [-0.3, -0.25) is 9.89 Å². The molecule has 3 atom stereocenters. The number of aromatic nitrogens is 6. The molecule has 2 aromatic carbocycles. The first-order valence-corrected chi connectivity index (χ1v) is 12.3. The highest BCUT2D eigenvalue weighted by Gasteiger charge is 2.65. The molecular formula is C27H24FN7O. The Hall–Kier alpha value is -4.14. The van der Waals surface area contributed by atoms with E-state index in [0.29, 0.717) is 34.1 Å². The van der Waals surface area contributed by atoms with Crippen LogP contribution in [-0.2, 0) is 5.41 Å². The molecule has 1 saturated heterocycles. The molecule has 5 aromatic rings. The van der Waals surface area contributed by atoms with Crippen LogP contribution in [0.25, 0.3) is 33.2 Å². The molecule has 0 spiro atoms. The van der Waals surface area contributed by atoms with Crippen LogP contribution in [0.15, 0.2) is 59.7 Å². The summed E-state index contributed by atoms with van der Waals surface area (Å²) in [6.45, 7) is 3.85. The van der Waals surface area contributed by atoms with Crippen LogP contribution in [0.2, 0.25) is 0 Å². The maximum absolute atomic E-state index is 14.7. The molecule has 180 valence electrons. The zero-order valence-electron chi connectivity index (χ0n) is 19.7. The molecule has 3 aromatic heterocycles. The molecule has 1 aliphatic heterocycles. The molecule has 4 heterocycles. The van der Waals surface area contributed by atoms with Crippen molar-refractivity contribution in [3.63, 3.8) is 0 Å². The summed E-state index contributed by atoms with van der Waals surface area (Å²) in [5.74, 6) is 1.57. The largest absolute Gasteiger partial charge is 0.355 e. The Kier molecular flexibility index (Phi) is 4.52. The third-order valence-electron chi connectivity index (χ3n) is 8.32. The predicted molar refractivity (Wildman–Crippen MR) is 135 cm³/mol. The average Bonchev–Trinajstić information content (AvgIpc) is 3.36. The van der Waals surface area contributed by atoms with Gasteiger partial charge < -0.3 is 4.90 Å². The number of anilines is 1. The molecule has 0 amide bonds. The van der Waals surface area contributed by atoms with Crippen molar-refractivity contribution in [2.45, 2.75) is 25.2 Å². The van der Waals surface area contributed by atoms with Crippen LogP contribution in [0.5, 0.6) is 0 Å². The second-order valence-corrected chi connectivity index (χ2v) is 9.82. The molecule has 2 N–H and O–H groups in total. The van der Waals surface area contributed by atoms with E-state index in [0.717, 1.165) is 48.3 Å².